The van der Waals surface area contributed by atoms with E-state index in [2.05, 4.69) is 51.2 Å². The van der Waals surface area contributed by atoms with E-state index in [-0.39, 0.29) is 0 Å². The summed E-state index contributed by atoms with van der Waals surface area (Å²) in [4.78, 5) is 0. The highest BCUT2D eigenvalue weighted by molar-refractivity contribution is 5.30. The standard InChI is InChI=1S/C16H27N/c1-5-11-17-16(6-2)10-9-15-12-13(3)7-8-14(15)4/h7-8,12,16-17H,5-6,9-11H2,1-4H3. The minimum Gasteiger partial charge on any atom is -0.314 e. The van der Waals surface area contributed by atoms with Crippen molar-refractivity contribution >= 4 is 0 Å². The van der Waals surface area contributed by atoms with Crippen LogP contribution in [0.15, 0.2) is 18.2 Å². The van der Waals surface area contributed by atoms with Crippen LogP contribution in [0.5, 0.6) is 0 Å². The fraction of sp³-hybridized carbons (Fsp3) is 0.625. The van der Waals surface area contributed by atoms with Crippen LogP contribution >= 0.6 is 0 Å². The van der Waals surface area contributed by atoms with Gasteiger partial charge >= 0.3 is 0 Å². The molecule has 17 heavy (non-hydrogen) atoms. The predicted molar refractivity (Wildman–Crippen MR) is 76.6 cm³/mol. The molecule has 0 bridgehead atoms. The monoisotopic (exact) mass is 233 g/mol. The van der Waals surface area contributed by atoms with Crippen LogP contribution in [0, 0.1) is 13.8 Å². The Labute approximate surface area is 107 Å². The van der Waals surface area contributed by atoms with Gasteiger partial charge in [-0.3, -0.25) is 0 Å². The van der Waals surface area contributed by atoms with Crippen molar-refractivity contribution in [3.05, 3.63) is 34.9 Å². The van der Waals surface area contributed by atoms with Crippen molar-refractivity contribution in [2.24, 2.45) is 0 Å². The lowest BCUT2D eigenvalue weighted by atomic mass is 9.98. The Balaban J connectivity index is 2.50. The van der Waals surface area contributed by atoms with Gasteiger partial charge in [0.05, 0.1) is 0 Å². The summed E-state index contributed by atoms with van der Waals surface area (Å²) in [5, 5.41) is 3.62. The highest BCUT2D eigenvalue weighted by Gasteiger charge is 2.06. The van der Waals surface area contributed by atoms with Crippen LogP contribution in [0.1, 0.15) is 49.8 Å². The molecule has 0 saturated carbocycles. The lowest BCUT2D eigenvalue weighted by Gasteiger charge is -2.17. The normalized spacial score (nSPS) is 12.7. The molecule has 0 aliphatic rings. The van der Waals surface area contributed by atoms with Gasteiger partial charge < -0.3 is 5.32 Å². The Hall–Kier alpha value is -0.820. The van der Waals surface area contributed by atoms with Gasteiger partial charge in [-0.1, -0.05) is 37.6 Å². The Morgan fingerprint density at radius 3 is 2.59 bits per heavy atom. The molecule has 0 aromatic heterocycles. The summed E-state index contributed by atoms with van der Waals surface area (Å²) in [7, 11) is 0. The molecule has 0 spiro atoms. The Morgan fingerprint density at radius 2 is 1.94 bits per heavy atom. The molecule has 1 unspecified atom stereocenters. The fourth-order valence-electron chi connectivity index (χ4n) is 2.20. The van der Waals surface area contributed by atoms with E-state index in [1.165, 1.54) is 42.4 Å². The van der Waals surface area contributed by atoms with Crippen LogP contribution in [0.4, 0.5) is 0 Å². The maximum absolute atomic E-state index is 3.62. The molecule has 1 atom stereocenters. The first-order chi connectivity index (χ1) is 8.17. The summed E-state index contributed by atoms with van der Waals surface area (Å²) in [6.07, 6.45) is 4.90. The third kappa shape index (κ3) is 4.91. The number of hydrogen-bond donors (Lipinski definition) is 1. The molecular formula is C16H27N. The summed E-state index contributed by atoms with van der Waals surface area (Å²) in [6.45, 7) is 10.0. The second-order valence-corrected chi connectivity index (χ2v) is 5.03. The van der Waals surface area contributed by atoms with Gasteiger partial charge in [0.1, 0.15) is 0 Å². The molecule has 0 amide bonds. The number of nitrogens with one attached hydrogen (secondary N) is 1. The first-order valence-corrected chi connectivity index (χ1v) is 6.96. The van der Waals surface area contributed by atoms with E-state index in [1.807, 2.05) is 0 Å². The summed E-state index contributed by atoms with van der Waals surface area (Å²) >= 11 is 0. The van der Waals surface area contributed by atoms with Crippen LogP contribution in [-0.4, -0.2) is 12.6 Å². The van der Waals surface area contributed by atoms with Crippen molar-refractivity contribution in [2.75, 3.05) is 6.54 Å². The first-order valence-electron chi connectivity index (χ1n) is 6.96. The second kappa shape index (κ2) is 7.50. The minimum atomic E-state index is 0.676. The quantitative estimate of drug-likeness (QED) is 0.750. The second-order valence-electron chi connectivity index (χ2n) is 5.03. The molecule has 0 fully saturated rings. The average molecular weight is 233 g/mol. The fourth-order valence-corrected chi connectivity index (χ4v) is 2.20. The molecular weight excluding hydrogens is 206 g/mol. The molecule has 0 aliphatic carbocycles. The molecule has 1 N–H and O–H groups in total. The van der Waals surface area contributed by atoms with Gasteiger partial charge in [0.2, 0.25) is 0 Å². The Kier molecular flexibility index (Phi) is 6.28. The molecule has 1 rings (SSSR count). The zero-order valence-corrected chi connectivity index (χ0v) is 11.8. The molecule has 0 heterocycles. The van der Waals surface area contributed by atoms with Gasteiger partial charge in [-0.2, -0.15) is 0 Å². The van der Waals surface area contributed by atoms with Gasteiger partial charge in [-0.15, -0.1) is 0 Å². The predicted octanol–water partition coefficient (Wildman–Crippen LogP) is 4.01. The van der Waals surface area contributed by atoms with Crippen LogP contribution in [0.3, 0.4) is 0 Å². The molecule has 1 nitrogen and oxygen atoms in total. The Morgan fingerprint density at radius 1 is 1.18 bits per heavy atom. The van der Waals surface area contributed by atoms with Gasteiger partial charge in [0.15, 0.2) is 0 Å². The first kappa shape index (κ1) is 14.2. The summed E-state index contributed by atoms with van der Waals surface area (Å²) < 4.78 is 0. The van der Waals surface area contributed by atoms with E-state index in [0.717, 1.165) is 6.54 Å². The van der Waals surface area contributed by atoms with Crippen molar-refractivity contribution in [3.63, 3.8) is 0 Å². The van der Waals surface area contributed by atoms with Gasteiger partial charge in [-0.25, -0.2) is 0 Å². The maximum atomic E-state index is 3.62. The molecule has 0 aliphatic heterocycles. The summed E-state index contributed by atoms with van der Waals surface area (Å²) in [6, 6.07) is 7.45. The molecule has 0 radical (unpaired) electrons. The van der Waals surface area contributed by atoms with E-state index in [0.29, 0.717) is 6.04 Å². The molecule has 0 saturated heterocycles. The van der Waals surface area contributed by atoms with Gasteiger partial charge in [0.25, 0.3) is 0 Å². The number of benzene rings is 1. The molecule has 96 valence electrons. The van der Waals surface area contributed by atoms with Crippen LogP contribution in [0.25, 0.3) is 0 Å². The largest absolute Gasteiger partial charge is 0.314 e. The smallest absolute Gasteiger partial charge is 0.00676 e. The zero-order chi connectivity index (χ0) is 12.7. The van der Waals surface area contributed by atoms with E-state index >= 15 is 0 Å². The van der Waals surface area contributed by atoms with E-state index in [1.54, 1.807) is 0 Å². The van der Waals surface area contributed by atoms with Gasteiger partial charge in [-0.05, 0) is 57.2 Å². The lowest BCUT2D eigenvalue weighted by Crippen LogP contribution is -2.29. The summed E-state index contributed by atoms with van der Waals surface area (Å²) in [5.74, 6) is 0. The van der Waals surface area contributed by atoms with E-state index in [9.17, 15) is 0 Å². The van der Waals surface area contributed by atoms with Gasteiger partial charge in [0, 0.05) is 6.04 Å². The van der Waals surface area contributed by atoms with Crippen molar-refractivity contribution in [1.29, 1.82) is 0 Å². The van der Waals surface area contributed by atoms with Crippen molar-refractivity contribution in [3.8, 4) is 0 Å². The molecule has 1 aromatic carbocycles. The molecule has 1 heteroatoms. The van der Waals surface area contributed by atoms with Crippen molar-refractivity contribution in [1.82, 2.24) is 5.32 Å². The average Bonchev–Trinajstić information content (AvgIpc) is 2.33. The number of rotatable bonds is 7. The van der Waals surface area contributed by atoms with Crippen molar-refractivity contribution < 1.29 is 0 Å². The highest BCUT2D eigenvalue weighted by Crippen LogP contribution is 2.14. The third-order valence-corrected chi connectivity index (χ3v) is 3.44. The number of hydrogen-bond acceptors (Lipinski definition) is 1. The molecule has 1 aromatic rings. The van der Waals surface area contributed by atoms with Crippen LogP contribution < -0.4 is 5.32 Å². The Bertz CT molecular complexity index is 330. The zero-order valence-electron chi connectivity index (χ0n) is 11.8. The third-order valence-electron chi connectivity index (χ3n) is 3.44. The van der Waals surface area contributed by atoms with E-state index < -0.39 is 0 Å². The maximum Gasteiger partial charge on any atom is 0.00676 e. The van der Waals surface area contributed by atoms with E-state index in [4.69, 9.17) is 0 Å². The minimum absolute atomic E-state index is 0.676. The topological polar surface area (TPSA) is 12.0 Å². The summed E-state index contributed by atoms with van der Waals surface area (Å²) in [5.41, 5.74) is 4.32. The lowest BCUT2D eigenvalue weighted by molar-refractivity contribution is 0.468. The highest BCUT2D eigenvalue weighted by atomic mass is 14.9. The SMILES string of the molecule is CCCNC(CC)CCc1cc(C)ccc1C. The number of aryl methyl sites for hydroxylation is 3. The van der Waals surface area contributed by atoms with Crippen molar-refractivity contribution in [2.45, 2.75) is 59.4 Å². The van der Waals surface area contributed by atoms with Crippen LogP contribution in [-0.2, 0) is 6.42 Å². The van der Waals surface area contributed by atoms with Crippen LogP contribution in [0.2, 0.25) is 0 Å².